The molecule has 0 saturated carbocycles. The molecule has 0 bridgehead atoms. The van der Waals surface area contributed by atoms with E-state index in [0.29, 0.717) is 12.2 Å². The number of benzene rings is 2. The van der Waals surface area contributed by atoms with Crippen LogP contribution in [0.3, 0.4) is 0 Å². The fourth-order valence-electron chi connectivity index (χ4n) is 1.89. The molecule has 5 heteroatoms. The molecular formula is C16H16BrF2NO. The highest BCUT2D eigenvalue weighted by Crippen LogP contribution is 2.30. The number of nitrogens with two attached hydrogens (primary N) is 1. The van der Waals surface area contributed by atoms with Gasteiger partial charge in [0.15, 0.2) is 11.6 Å². The van der Waals surface area contributed by atoms with E-state index in [1.807, 2.05) is 19.1 Å². The van der Waals surface area contributed by atoms with Crippen LogP contribution in [0, 0.1) is 11.6 Å². The zero-order valence-electron chi connectivity index (χ0n) is 11.6. The fraction of sp³-hybridized carbons (Fsp3) is 0.250. The van der Waals surface area contributed by atoms with Crippen molar-refractivity contribution in [3.8, 4) is 11.5 Å². The molecule has 2 aromatic rings. The second-order valence-corrected chi connectivity index (χ2v) is 5.72. The van der Waals surface area contributed by atoms with Crippen LogP contribution >= 0.6 is 15.9 Å². The SMILES string of the molecule is CCC(N)Cc1ccc(Br)cc1Oc1ccc(F)c(F)c1. The Morgan fingerprint density at radius 3 is 2.57 bits per heavy atom. The normalized spacial score (nSPS) is 12.2. The smallest absolute Gasteiger partial charge is 0.162 e. The first-order valence-corrected chi connectivity index (χ1v) is 7.45. The van der Waals surface area contributed by atoms with Crippen molar-refractivity contribution in [3.63, 3.8) is 0 Å². The molecule has 2 nitrogen and oxygen atoms in total. The van der Waals surface area contributed by atoms with Gasteiger partial charge in [0.1, 0.15) is 11.5 Å². The third kappa shape index (κ3) is 4.25. The predicted octanol–water partition coefficient (Wildman–Crippen LogP) is 4.80. The topological polar surface area (TPSA) is 35.2 Å². The molecule has 0 spiro atoms. The Morgan fingerprint density at radius 2 is 1.90 bits per heavy atom. The molecular weight excluding hydrogens is 340 g/mol. The molecule has 2 aromatic carbocycles. The standard InChI is InChI=1S/C16H16BrF2NO/c1-2-12(20)7-10-3-4-11(17)8-16(10)21-13-5-6-14(18)15(19)9-13/h3-6,8-9,12H,2,7,20H2,1H3. The van der Waals surface area contributed by atoms with Gasteiger partial charge in [-0.05, 0) is 42.7 Å². The maximum absolute atomic E-state index is 13.2. The van der Waals surface area contributed by atoms with Crippen LogP contribution in [0.25, 0.3) is 0 Å². The van der Waals surface area contributed by atoms with Gasteiger partial charge in [0, 0.05) is 16.6 Å². The molecule has 0 saturated heterocycles. The predicted molar refractivity (Wildman–Crippen MR) is 82.5 cm³/mol. The van der Waals surface area contributed by atoms with E-state index < -0.39 is 11.6 Å². The van der Waals surface area contributed by atoms with Crippen molar-refractivity contribution in [2.75, 3.05) is 0 Å². The molecule has 0 aliphatic rings. The highest BCUT2D eigenvalue weighted by atomic mass is 79.9. The van der Waals surface area contributed by atoms with E-state index in [9.17, 15) is 8.78 Å². The van der Waals surface area contributed by atoms with Crippen LogP contribution in [0.1, 0.15) is 18.9 Å². The van der Waals surface area contributed by atoms with E-state index in [1.54, 1.807) is 6.07 Å². The Balaban J connectivity index is 2.28. The van der Waals surface area contributed by atoms with Crippen molar-refractivity contribution < 1.29 is 13.5 Å². The number of halogens is 3. The monoisotopic (exact) mass is 355 g/mol. The minimum atomic E-state index is -0.936. The summed E-state index contributed by atoms with van der Waals surface area (Å²) in [5.74, 6) is -1.00. The maximum Gasteiger partial charge on any atom is 0.162 e. The summed E-state index contributed by atoms with van der Waals surface area (Å²) in [4.78, 5) is 0. The van der Waals surface area contributed by atoms with Gasteiger partial charge < -0.3 is 10.5 Å². The Labute approximate surface area is 131 Å². The first-order chi connectivity index (χ1) is 9.99. The van der Waals surface area contributed by atoms with Gasteiger partial charge in [0.05, 0.1) is 0 Å². The van der Waals surface area contributed by atoms with Gasteiger partial charge in [0.25, 0.3) is 0 Å². The van der Waals surface area contributed by atoms with Gasteiger partial charge in [-0.2, -0.15) is 0 Å². The second kappa shape index (κ2) is 7.00. The van der Waals surface area contributed by atoms with Crippen molar-refractivity contribution >= 4 is 15.9 Å². The van der Waals surface area contributed by atoms with Crippen molar-refractivity contribution in [2.24, 2.45) is 5.73 Å². The van der Waals surface area contributed by atoms with Gasteiger partial charge in [0.2, 0.25) is 0 Å². The van der Waals surface area contributed by atoms with E-state index >= 15 is 0 Å². The summed E-state index contributed by atoms with van der Waals surface area (Å²) >= 11 is 3.37. The van der Waals surface area contributed by atoms with Crippen LogP contribution in [0.15, 0.2) is 40.9 Å². The second-order valence-electron chi connectivity index (χ2n) is 4.80. The Kier molecular flexibility index (Phi) is 5.31. The lowest BCUT2D eigenvalue weighted by atomic mass is 10.0. The average molecular weight is 356 g/mol. The third-order valence-electron chi connectivity index (χ3n) is 3.15. The zero-order chi connectivity index (χ0) is 15.4. The van der Waals surface area contributed by atoms with Gasteiger partial charge in [-0.1, -0.05) is 28.9 Å². The average Bonchev–Trinajstić information content (AvgIpc) is 2.45. The number of ether oxygens (including phenoxy) is 1. The third-order valence-corrected chi connectivity index (χ3v) is 3.65. The number of hydrogen-bond donors (Lipinski definition) is 1. The molecule has 0 fully saturated rings. The molecule has 0 aliphatic carbocycles. The molecule has 0 heterocycles. The van der Waals surface area contributed by atoms with E-state index in [-0.39, 0.29) is 11.8 Å². The van der Waals surface area contributed by atoms with E-state index in [2.05, 4.69) is 15.9 Å². The molecule has 0 aliphatic heterocycles. The van der Waals surface area contributed by atoms with Crippen molar-refractivity contribution in [1.82, 2.24) is 0 Å². The maximum atomic E-state index is 13.2. The summed E-state index contributed by atoms with van der Waals surface area (Å²) in [5.41, 5.74) is 6.90. The molecule has 1 atom stereocenters. The Hall–Kier alpha value is -1.46. The van der Waals surface area contributed by atoms with Gasteiger partial charge in [-0.3, -0.25) is 0 Å². The van der Waals surface area contributed by atoms with Gasteiger partial charge in [-0.15, -0.1) is 0 Å². The van der Waals surface area contributed by atoms with Crippen LogP contribution < -0.4 is 10.5 Å². The van der Waals surface area contributed by atoms with E-state index in [4.69, 9.17) is 10.5 Å². The first kappa shape index (κ1) is 15.9. The van der Waals surface area contributed by atoms with Crippen LogP contribution in [0.5, 0.6) is 11.5 Å². The van der Waals surface area contributed by atoms with Crippen LogP contribution in [-0.4, -0.2) is 6.04 Å². The van der Waals surface area contributed by atoms with E-state index in [1.165, 1.54) is 6.07 Å². The summed E-state index contributed by atoms with van der Waals surface area (Å²) in [6, 6.07) is 9.09. The van der Waals surface area contributed by atoms with E-state index in [0.717, 1.165) is 28.6 Å². The van der Waals surface area contributed by atoms with Crippen LogP contribution in [0.4, 0.5) is 8.78 Å². The van der Waals surface area contributed by atoms with Crippen LogP contribution in [0.2, 0.25) is 0 Å². The molecule has 2 N–H and O–H groups in total. The molecule has 0 aromatic heterocycles. The Morgan fingerprint density at radius 1 is 1.14 bits per heavy atom. The van der Waals surface area contributed by atoms with Gasteiger partial charge >= 0.3 is 0 Å². The highest BCUT2D eigenvalue weighted by molar-refractivity contribution is 9.10. The molecule has 0 amide bonds. The largest absolute Gasteiger partial charge is 0.457 e. The number of rotatable bonds is 5. The minimum absolute atomic E-state index is 0.0264. The van der Waals surface area contributed by atoms with Crippen molar-refractivity contribution in [3.05, 3.63) is 58.1 Å². The lowest BCUT2D eigenvalue weighted by Crippen LogP contribution is -2.21. The molecule has 21 heavy (non-hydrogen) atoms. The Bertz CT molecular complexity index is 634. The summed E-state index contributed by atoms with van der Waals surface area (Å²) in [6.07, 6.45) is 1.50. The number of hydrogen-bond acceptors (Lipinski definition) is 2. The zero-order valence-corrected chi connectivity index (χ0v) is 13.2. The highest BCUT2D eigenvalue weighted by Gasteiger charge is 2.11. The quantitative estimate of drug-likeness (QED) is 0.835. The summed E-state index contributed by atoms with van der Waals surface area (Å²) in [7, 11) is 0. The van der Waals surface area contributed by atoms with Crippen molar-refractivity contribution in [1.29, 1.82) is 0 Å². The lowest BCUT2D eigenvalue weighted by Gasteiger charge is -2.15. The van der Waals surface area contributed by atoms with Crippen molar-refractivity contribution in [2.45, 2.75) is 25.8 Å². The molecule has 2 rings (SSSR count). The molecule has 1 unspecified atom stereocenters. The molecule has 112 valence electrons. The minimum Gasteiger partial charge on any atom is -0.457 e. The summed E-state index contributed by atoms with van der Waals surface area (Å²) in [6.45, 7) is 2.01. The van der Waals surface area contributed by atoms with Crippen LogP contribution in [-0.2, 0) is 6.42 Å². The fourth-order valence-corrected chi connectivity index (χ4v) is 2.23. The summed E-state index contributed by atoms with van der Waals surface area (Å²) < 4.78 is 32.7. The summed E-state index contributed by atoms with van der Waals surface area (Å²) in [5, 5.41) is 0. The first-order valence-electron chi connectivity index (χ1n) is 6.66. The van der Waals surface area contributed by atoms with Gasteiger partial charge in [-0.25, -0.2) is 8.78 Å². The lowest BCUT2D eigenvalue weighted by molar-refractivity contribution is 0.454. The molecule has 0 radical (unpaired) electrons.